The van der Waals surface area contributed by atoms with Crippen molar-refractivity contribution in [1.82, 2.24) is 4.98 Å². The molecule has 1 aromatic carbocycles. The van der Waals surface area contributed by atoms with Crippen LogP contribution in [0.3, 0.4) is 0 Å². The maximum atomic E-state index is 13.9. The van der Waals surface area contributed by atoms with E-state index in [2.05, 4.69) is 4.98 Å². The highest BCUT2D eigenvalue weighted by molar-refractivity contribution is 6.34. The van der Waals surface area contributed by atoms with Crippen LogP contribution in [0.15, 0.2) is 24.3 Å². The summed E-state index contributed by atoms with van der Waals surface area (Å²) in [6, 6.07) is 6.13. The molecule has 0 fully saturated rings. The minimum absolute atomic E-state index is 0.0347. The van der Waals surface area contributed by atoms with Crippen molar-refractivity contribution in [2.24, 2.45) is 0 Å². The topological polar surface area (TPSA) is 30.0 Å². The Morgan fingerprint density at radius 2 is 1.94 bits per heavy atom. The minimum atomic E-state index is -0.434. The van der Waals surface area contributed by atoms with Gasteiger partial charge < -0.3 is 0 Å². The summed E-state index contributed by atoms with van der Waals surface area (Å²) in [6.07, 6.45) is 0.542. The summed E-state index contributed by atoms with van der Waals surface area (Å²) in [5.41, 5.74) is 1.53. The van der Waals surface area contributed by atoms with E-state index in [9.17, 15) is 9.18 Å². The van der Waals surface area contributed by atoms with E-state index in [0.717, 1.165) is 5.56 Å². The van der Waals surface area contributed by atoms with E-state index in [0.29, 0.717) is 11.8 Å². The van der Waals surface area contributed by atoms with Crippen LogP contribution in [-0.2, 0) is 0 Å². The molecule has 5 heteroatoms. The maximum absolute atomic E-state index is 13.9. The zero-order valence-electron chi connectivity index (χ0n) is 9.38. The number of aldehydes is 1. The summed E-state index contributed by atoms with van der Waals surface area (Å²) in [4.78, 5) is 14.8. The van der Waals surface area contributed by atoms with Crippen molar-refractivity contribution in [2.75, 3.05) is 0 Å². The molecule has 0 bridgehead atoms. The molecule has 0 atom stereocenters. The number of benzene rings is 1. The highest BCUT2D eigenvalue weighted by Gasteiger charge is 2.14. The number of pyridine rings is 1. The molecule has 0 aliphatic heterocycles. The van der Waals surface area contributed by atoms with Gasteiger partial charge >= 0.3 is 0 Å². The predicted molar refractivity (Wildman–Crippen MR) is 69.8 cm³/mol. The lowest BCUT2D eigenvalue weighted by molar-refractivity contribution is 0.112. The highest BCUT2D eigenvalue weighted by atomic mass is 35.5. The highest BCUT2D eigenvalue weighted by Crippen LogP contribution is 2.31. The van der Waals surface area contributed by atoms with E-state index >= 15 is 0 Å². The lowest BCUT2D eigenvalue weighted by Gasteiger charge is -2.08. The van der Waals surface area contributed by atoms with Crippen LogP contribution < -0.4 is 0 Å². The second kappa shape index (κ2) is 5.04. The molecular weight excluding hydrogens is 276 g/mol. The van der Waals surface area contributed by atoms with Gasteiger partial charge in [0.15, 0.2) is 6.29 Å². The molecular formula is C13H8Cl2FNO. The third kappa shape index (κ3) is 2.37. The fraction of sp³-hybridized carbons (Fsp3) is 0.0769. The van der Waals surface area contributed by atoms with Gasteiger partial charge in [-0.3, -0.25) is 4.79 Å². The molecule has 2 nitrogen and oxygen atoms in total. The number of rotatable bonds is 2. The van der Waals surface area contributed by atoms with Crippen LogP contribution in [0.25, 0.3) is 11.1 Å². The Balaban J connectivity index is 2.73. The van der Waals surface area contributed by atoms with Crippen LogP contribution in [0.2, 0.25) is 10.3 Å². The lowest BCUT2D eigenvalue weighted by Crippen LogP contribution is -1.95. The third-order valence-electron chi connectivity index (χ3n) is 2.51. The number of carbonyl (C=O) groups excluding carboxylic acids is 1. The average Bonchev–Trinajstić information content (AvgIpc) is 2.28. The van der Waals surface area contributed by atoms with Crippen molar-refractivity contribution in [3.05, 3.63) is 51.5 Å². The van der Waals surface area contributed by atoms with Gasteiger partial charge in [-0.2, -0.15) is 0 Å². The summed E-state index contributed by atoms with van der Waals surface area (Å²) in [5, 5.41) is 0.0769. The summed E-state index contributed by atoms with van der Waals surface area (Å²) in [6.45, 7) is 1.78. The van der Waals surface area contributed by atoms with Crippen molar-refractivity contribution in [1.29, 1.82) is 0 Å². The standard InChI is InChI=1S/C13H8Cl2FNO/c1-7-2-3-8(11(16)4-7)9-5-12(14)17-13(15)10(9)6-18/h2-6H,1H3. The predicted octanol–water partition coefficient (Wildman–Crippen LogP) is 4.32. The summed E-state index contributed by atoms with van der Waals surface area (Å²) in [7, 11) is 0. The second-order valence-electron chi connectivity index (χ2n) is 3.80. The Hall–Kier alpha value is -1.45. The molecule has 0 saturated carbocycles. The fourth-order valence-corrected chi connectivity index (χ4v) is 2.14. The zero-order valence-corrected chi connectivity index (χ0v) is 10.9. The van der Waals surface area contributed by atoms with Gasteiger partial charge in [0, 0.05) is 11.1 Å². The summed E-state index contributed by atoms with van der Waals surface area (Å²) in [5.74, 6) is -0.434. The van der Waals surface area contributed by atoms with Gasteiger partial charge in [0.05, 0.1) is 5.56 Å². The van der Waals surface area contributed by atoms with Crippen LogP contribution in [-0.4, -0.2) is 11.3 Å². The first-order valence-electron chi connectivity index (χ1n) is 5.10. The molecule has 18 heavy (non-hydrogen) atoms. The van der Waals surface area contributed by atoms with Gasteiger partial charge in [0.25, 0.3) is 0 Å². The first-order chi connectivity index (χ1) is 8.52. The zero-order chi connectivity index (χ0) is 13.3. The normalized spacial score (nSPS) is 10.4. The number of carbonyl (C=O) groups is 1. The number of halogens is 3. The molecule has 0 spiro atoms. The molecule has 0 aliphatic carbocycles. The SMILES string of the molecule is Cc1ccc(-c2cc(Cl)nc(Cl)c2C=O)c(F)c1. The molecule has 1 heterocycles. The van der Waals surface area contributed by atoms with Crippen LogP contribution >= 0.6 is 23.2 Å². The van der Waals surface area contributed by atoms with Gasteiger partial charge in [-0.15, -0.1) is 0 Å². The van der Waals surface area contributed by atoms with Crippen molar-refractivity contribution in [3.63, 3.8) is 0 Å². The monoisotopic (exact) mass is 283 g/mol. The maximum Gasteiger partial charge on any atom is 0.153 e. The number of aryl methyl sites for hydroxylation is 1. The van der Waals surface area contributed by atoms with E-state index in [1.54, 1.807) is 19.1 Å². The van der Waals surface area contributed by atoms with E-state index in [1.165, 1.54) is 12.1 Å². The molecule has 0 unspecified atom stereocenters. The molecule has 2 rings (SSSR count). The second-order valence-corrected chi connectivity index (χ2v) is 4.54. The van der Waals surface area contributed by atoms with Crippen LogP contribution in [0.4, 0.5) is 4.39 Å². The molecule has 2 aromatic rings. The van der Waals surface area contributed by atoms with E-state index in [4.69, 9.17) is 23.2 Å². The number of hydrogen-bond acceptors (Lipinski definition) is 2. The fourth-order valence-electron chi connectivity index (χ4n) is 1.67. The van der Waals surface area contributed by atoms with Crippen LogP contribution in [0, 0.1) is 12.7 Å². The molecule has 0 amide bonds. The van der Waals surface area contributed by atoms with Crippen LogP contribution in [0.5, 0.6) is 0 Å². The van der Waals surface area contributed by atoms with Gasteiger partial charge in [0.2, 0.25) is 0 Å². The Labute approximate surface area is 113 Å². The average molecular weight is 284 g/mol. The van der Waals surface area contributed by atoms with Gasteiger partial charge in [0.1, 0.15) is 16.1 Å². The molecule has 0 N–H and O–H groups in total. The summed E-state index contributed by atoms with van der Waals surface area (Å²) < 4.78 is 13.9. The number of hydrogen-bond donors (Lipinski definition) is 0. The Morgan fingerprint density at radius 1 is 1.22 bits per heavy atom. The smallest absolute Gasteiger partial charge is 0.153 e. The Morgan fingerprint density at radius 3 is 2.56 bits per heavy atom. The van der Waals surface area contributed by atoms with E-state index in [1.807, 2.05) is 0 Å². The first kappa shape index (κ1) is 13.0. The minimum Gasteiger partial charge on any atom is -0.298 e. The van der Waals surface area contributed by atoms with Gasteiger partial charge in [-0.05, 0) is 24.6 Å². The molecule has 0 aliphatic rings. The first-order valence-corrected chi connectivity index (χ1v) is 5.86. The quantitative estimate of drug-likeness (QED) is 0.607. The molecule has 1 aromatic heterocycles. The van der Waals surface area contributed by atoms with Crippen molar-refractivity contribution < 1.29 is 9.18 Å². The van der Waals surface area contributed by atoms with Gasteiger partial charge in [-0.1, -0.05) is 35.3 Å². The van der Waals surface area contributed by atoms with Crippen molar-refractivity contribution >= 4 is 29.5 Å². The lowest BCUT2D eigenvalue weighted by atomic mass is 10.0. The van der Waals surface area contributed by atoms with Crippen molar-refractivity contribution in [2.45, 2.75) is 6.92 Å². The van der Waals surface area contributed by atoms with E-state index in [-0.39, 0.29) is 21.4 Å². The largest absolute Gasteiger partial charge is 0.298 e. The molecule has 0 saturated heterocycles. The van der Waals surface area contributed by atoms with Crippen LogP contribution in [0.1, 0.15) is 15.9 Å². The summed E-state index contributed by atoms with van der Waals surface area (Å²) >= 11 is 11.6. The Bertz CT molecular complexity index is 629. The van der Waals surface area contributed by atoms with E-state index < -0.39 is 5.82 Å². The Kier molecular flexibility index (Phi) is 3.64. The molecule has 92 valence electrons. The molecule has 0 radical (unpaired) electrons. The van der Waals surface area contributed by atoms with Gasteiger partial charge in [-0.25, -0.2) is 9.37 Å². The third-order valence-corrected chi connectivity index (χ3v) is 3.00. The number of aromatic nitrogens is 1. The number of nitrogens with zero attached hydrogens (tertiary/aromatic N) is 1. The van der Waals surface area contributed by atoms with Crippen molar-refractivity contribution in [3.8, 4) is 11.1 Å².